The predicted octanol–water partition coefficient (Wildman–Crippen LogP) is 5.55. The van der Waals surface area contributed by atoms with E-state index in [9.17, 15) is 22.3 Å². The van der Waals surface area contributed by atoms with Crippen LogP contribution in [-0.4, -0.2) is 13.5 Å². The minimum atomic E-state index is -4.40. The Kier molecular flexibility index (Phi) is 5.41. The van der Waals surface area contributed by atoms with Crippen LogP contribution in [-0.2, 0) is 10.0 Å². The van der Waals surface area contributed by atoms with Gasteiger partial charge >= 0.3 is 0 Å². The Morgan fingerprint density at radius 2 is 1.67 bits per heavy atom. The molecule has 0 atom stereocenters. The standard InChI is InChI=1S/C18H11BrClF2NO3S/c19-11-6-13(20)18(24)17(7-11)27(25,26)23-16-8-12(14(21)9-15(16)22)10-4-2-1-3-5-10/h1-9,23-24H. The van der Waals surface area contributed by atoms with E-state index in [4.69, 9.17) is 11.6 Å². The normalized spacial score (nSPS) is 11.4. The number of rotatable bonds is 4. The molecule has 27 heavy (non-hydrogen) atoms. The Bertz CT molecular complexity index is 1130. The van der Waals surface area contributed by atoms with Crippen LogP contribution in [0.3, 0.4) is 0 Å². The van der Waals surface area contributed by atoms with E-state index in [1.165, 1.54) is 6.07 Å². The van der Waals surface area contributed by atoms with E-state index < -0.39 is 38.0 Å². The summed E-state index contributed by atoms with van der Waals surface area (Å²) < 4.78 is 55.9. The molecule has 2 N–H and O–H groups in total. The molecule has 0 spiro atoms. The second-order valence-corrected chi connectivity index (χ2v) is 8.49. The molecule has 0 bridgehead atoms. The zero-order valence-corrected chi connectivity index (χ0v) is 16.5. The van der Waals surface area contributed by atoms with Crippen molar-refractivity contribution in [3.63, 3.8) is 0 Å². The molecule has 0 aliphatic carbocycles. The molecule has 3 rings (SSSR count). The maximum absolute atomic E-state index is 14.2. The number of benzene rings is 3. The molecule has 0 radical (unpaired) electrons. The molecule has 0 heterocycles. The van der Waals surface area contributed by atoms with Gasteiger partial charge in [-0.2, -0.15) is 0 Å². The molecular formula is C18H11BrClF2NO3S. The van der Waals surface area contributed by atoms with E-state index in [0.717, 1.165) is 12.1 Å². The van der Waals surface area contributed by atoms with Crippen LogP contribution in [0.25, 0.3) is 11.1 Å². The number of hydrogen-bond acceptors (Lipinski definition) is 3. The van der Waals surface area contributed by atoms with E-state index in [1.807, 2.05) is 4.72 Å². The minimum absolute atomic E-state index is 0.0196. The first-order valence-electron chi connectivity index (χ1n) is 7.44. The van der Waals surface area contributed by atoms with Crippen LogP contribution in [0.1, 0.15) is 0 Å². The number of halogens is 4. The van der Waals surface area contributed by atoms with Crippen molar-refractivity contribution in [2.75, 3.05) is 4.72 Å². The number of nitrogens with one attached hydrogen (secondary N) is 1. The average molecular weight is 475 g/mol. The average Bonchev–Trinajstić information content (AvgIpc) is 2.61. The topological polar surface area (TPSA) is 66.4 Å². The van der Waals surface area contributed by atoms with Crippen molar-refractivity contribution in [3.8, 4) is 16.9 Å². The number of sulfonamides is 1. The molecule has 0 fully saturated rings. The van der Waals surface area contributed by atoms with Crippen molar-refractivity contribution in [2.24, 2.45) is 0 Å². The summed E-state index contributed by atoms with van der Waals surface area (Å²) in [5.74, 6) is -2.62. The van der Waals surface area contributed by atoms with Crippen molar-refractivity contribution < 1.29 is 22.3 Å². The highest BCUT2D eigenvalue weighted by Crippen LogP contribution is 2.36. The number of anilines is 1. The Morgan fingerprint density at radius 3 is 2.33 bits per heavy atom. The smallest absolute Gasteiger partial charge is 0.265 e. The molecular weight excluding hydrogens is 464 g/mol. The summed E-state index contributed by atoms with van der Waals surface area (Å²) in [6.45, 7) is 0. The van der Waals surface area contributed by atoms with Crippen molar-refractivity contribution >= 4 is 43.2 Å². The summed E-state index contributed by atoms with van der Waals surface area (Å²) in [6.07, 6.45) is 0. The SMILES string of the molecule is O=S(=O)(Nc1cc(-c2ccccc2)c(F)cc1F)c1cc(Br)cc(Cl)c1O. The number of phenolic OH excluding ortho intramolecular Hbond substituents is 1. The summed E-state index contributed by atoms with van der Waals surface area (Å²) in [7, 11) is -4.40. The van der Waals surface area contributed by atoms with Gasteiger partial charge in [0.15, 0.2) is 5.75 Å². The number of aromatic hydroxyl groups is 1. The first-order valence-corrected chi connectivity index (χ1v) is 10.1. The number of phenols is 1. The molecule has 0 aliphatic rings. The predicted molar refractivity (Wildman–Crippen MR) is 103 cm³/mol. The molecule has 0 aliphatic heterocycles. The van der Waals surface area contributed by atoms with E-state index in [1.54, 1.807) is 30.3 Å². The zero-order chi connectivity index (χ0) is 19.8. The van der Waals surface area contributed by atoms with Gasteiger partial charge in [0.25, 0.3) is 10.0 Å². The van der Waals surface area contributed by atoms with Gasteiger partial charge in [-0.3, -0.25) is 4.72 Å². The molecule has 0 aromatic heterocycles. The molecule has 0 saturated heterocycles. The number of hydrogen-bond donors (Lipinski definition) is 2. The Morgan fingerprint density at radius 1 is 1.00 bits per heavy atom. The Balaban J connectivity index is 2.08. The lowest BCUT2D eigenvalue weighted by atomic mass is 10.0. The fourth-order valence-electron chi connectivity index (χ4n) is 2.41. The highest BCUT2D eigenvalue weighted by Gasteiger charge is 2.24. The molecule has 140 valence electrons. The van der Waals surface area contributed by atoms with Crippen molar-refractivity contribution in [2.45, 2.75) is 4.90 Å². The van der Waals surface area contributed by atoms with Crippen molar-refractivity contribution in [1.29, 1.82) is 0 Å². The van der Waals surface area contributed by atoms with Gasteiger partial charge < -0.3 is 5.11 Å². The van der Waals surface area contributed by atoms with E-state index in [0.29, 0.717) is 16.1 Å². The van der Waals surface area contributed by atoms with Gasteiger partial charge in [0.1, 0.15) is 16.5 Å². The Labute approximate surface area is 167 Å². The van der Waals surface area contributed by atoms with Gasteiger partial charge in [0.2, 0.25) is 0 Å². The molecule has 0 unspecified atom stereocenters. The summed E-state index contributed by atoms with van der Waals surface area (Å²) in [5, 5.41) is 9.76. The van der Waals surface area contributed by atoms with Crippen LogP contribution >= 0.6 is 27.5 Å². The largest absolute Gasteiger partial charge is 0.505 e. The molecule has 4 nitrogen and oxygen atoms in total. The molecule has 0 amide bonds. The highest BCUT2D eigenvalue weighted by atomic mass is 79.9. The van der Waals surface area contributed by atoms with Gasteiger partial charge in [-0.05, 0) is 23.8 Å². The van der Waals surface area contributed by atoms with Crippen LogP contribution < -0.4 is 4.72 Å². The van der Waals surface area contributed by atoms with E-state index >= 15 is 0 Å². The summed E-state index contributed by atoms with van der Waals surface area (Å²) in [4.78, 5) is -0.549. The van der Waals surface area contributed by atoms with Gasteiger partial charge in [-0.1, -0.05) is 57.9 Å². The third-order valence-corrected chi connectivity index (χ3v) is 5.79. The lowest BCUT2D eigenvalue weighted by Crippen LogP contribution is -2.14. The van der Waals surface area contributed by atoms with Crippen molar-refractivity contribution in [1.82, 2.24) is 0 Å². The fraction of sp³-hybridized carbons (Fsp3) is 0. The summed E-state index contributed by atoms with van der Waals surface area (Å²) >= 11 is 8.87. The highest BCUT2D eigenvalue weighted by molar-refractivity contribution is 9.10. The van der Waals surface area contributed by atoms with Crippen LogP contribution in [0.4, 0.5) is 14.5 Å². The Hall–Kier alpha value is -2.16. The fourth-order valence-corrected chi connectivity index (χ4v) is 4.63. The summed E-state index contributed by atoms with van der Waals surface area (Å²) in [6, 6.07) is 12.3. The van der Waals surface area contributed by atoms with Crippen molar-refractivity contribution in [3.05, 3.63) is 75.7 Å². The van der Waals surface area contributed by atoms with Crippen LogP contribution in [0.2, 0.25) is 5.02 Å². The van der Waals surface area contributed by atoms with E-state index in [2.05, 4.69) is 15.9 Å². The quantitative estimate of drug-likeness (QED) is 0.521. The lowest BCUT2D eigenvalue weighted by molar-refractivity contribution is 0.459. The third kappa shape index (κ3) is 4.07. The summed E-state index contributed by atoms with van der Waals surface area (Å²) in [5.41, 5.74) is 0.000688. The maximum Gasteiger partial charge on any atom is 0.265 e. The van der Waals surface area contributed by atoms with Gasteiger partial charge in [-0.15, -0.1) is 0 Å². The maximum atomic E-state index is 14.2. The zero-order valence-electron chi connectivity index (χ0n) is 13.4. The van der Waals surface area contributed by atoms with E-state index in [-0.39, 0.29) is 10.6 Å². The monoisotopic (exact) mass is 473 g/mol. The molecule has 0 saturated carbocycles. The molecule has 9 heteroatoms. The van der Waals surface area contributed by atoms with Crippen LogP contribution in [0.5, 0.6) is 5.75 Å². The molecule has 3 aromatic carbocycles. The van der Waals surface area contributed by atoms with Crippen LogP contribution in [0.15, 0.2) is 64.0 Å². The van der Waals surface area contributed by atoms with Gasteiger partial charge in [0.05, 0.1) is 10.7 Å². The first-order chi connectivity index (χ1) is 12.7. The lowest BCUT2D eigenvalue weighted by Gasteiger charge is -2.13. The molecule has 3 aromatic rings. The minimum Gasteiger partial charge on any atom is -0.505 e. The van der Waals surface area contributed by atoms with Gasteiger partial charge in [0, 0.05) is 16.1 Å². The first kappa shape index (κ1) is 19.6. The second kappa shape index (κ2) is 7.46. The van der Waals surface area contributed by atoms with Crippen LogP contribution in [0, 0.1) is 11.6 Å². The van der Waals surface area contributed by atoms with Gasteiger partial charge in [-0.25, -0.2) is 17.2 Å². The second-order valence-electron chi connectivity index (χ2n) is 5.52. The third-order valence-electron chi connectivity index (χ3n) is 3.67.